The Morgan fingerprint density at radius 3 is 2.62 bits per heavy atom. The average Bonchev–Trinajstić information content (AvgIpc) is 2.89. The lowest BCUT2D eigenvalue weighted by molar-refractivity contribution is -0.142. The van der Waals surface area contributed by atoms with Crippen molar-refractivity contribution in [1.29, 1.82) is 0 Å². The summed E-state index contributed by atoms with van der Waals surface area (Å²) in [6.45, 7) is 6.47. The summed E-state index contributed by atoms with van der Waals surface area (Å²) in [5, 5.41) is 17.5. The van der Waals surface area contributed by atoms with Gasteiger partial charge in [0.2, 0.25) is 0 Å². The highest BCUT2D eigenvalue weighted by atomic mass is 35.5. The van der Waals surface area contributed by atoms with E-state index in [9.17, 15) is 14.7 Å². The number of amides is 1. The maximum atomic E-state index is 12.8. The number of aromatic nitrogens is 2. The molecular formula is C18H25ClN4O3. The summed E-state index contributed by atoms with van der Waals surface area (Å²) in [4.78, 5) is 24.3. The second kappa shape index (κ2) is 8.05. The van der Waals surface area contributed by atoms with Gasteiger partial charge in [-0.25, -0.2) is 4.79 Å². The van der Waals surface area contributed by atoms with E-state index in [1.807, 2.05) is 6.07 Å². The van der Waals surface area contributed by atoms with Gasteiger partial charge in [-0.15, -0.1) is 0 Å². The first kappa shape index (κ1) is 20.2. The number of fused-ring (bicyclic) bond motifs is 1. The molecule has 1 aromatic carbocycles. The van der Waals surface area contributed by atoms with Gasteiger partial charge in [-0.1, -0.05) is 32.4 Å². The smallest absolute Gasteiger partial charge is 0.326 e. The molecule has 1 atom stereocenters. The van der Waals surface area contributed by atoms with Crippen molar-refractivity contribution in [3.63, 3.8) is 0 Å². The number of carbonyl (C=O) groups excluding carboxylic acids is 1. The summed E-state index contributed by atoms with van der Waals surface area (Å²) >= 11 is 6.08. The number of aliphatic carboxylic acids is 1. The number of carboxylic acid groups (broad SMARTS) is 1. The highest BCUT2D eigenvalue weighted by Gasteiger charge is 2.33. The molecule has 142 valence electrons. The van der Waals surface area contributed by atoms with Gasteiger partial charge in [0.05, 0.1) is 5.52 Å². The van der Waals surface area contributed by atoms with Crippen molar-refractivity contribution in [3.8, 4) is 0 Å². The third-order valence-corrected chi connectivity index (χ3v) is 4.38. The summed E-state index contributed by atoms with van der Waals surface area (Å²) in [5.41, 5.74) is 5.84. The molecule has 1 aromatic heterocycles. The molecule has 26 heavy (non-hydrogen) atoms. The Balaban J connectivity index is 2.39. The minimum atomic E-state index is -1.09. The summed E-state index contributed by atoms with van der Waals surface area (Å²) in [6.07, 6.45) is 1.68. The van der Waals surface area contributed by atoms with E-state index in [-0.39, 0.29) is 5.69 Å². The third-order valence-electron chi connectivity index (χ3n) is 4.14. The molecule has 8 heteroatoms. The van der Waals surface area contributed by atoms with Crippen LogP contribution in [-0.4, -0.2) is 39.4 Å². The van der Waals surface area contributed by atoms with Gasteiger partial charge in [0, 0.05) is 17.0 Å². The third kappa shape index (κ3) is 4.53. The SMILES string of the molecule is CC(C)(C)C(NC(=O)c1nn(CCCCN)c2ccc(Cl)cc12)C(=O)O. The standard InChI is InChI=1S/C18H25ClN4O3/c1-18(2,3)15(17(25)26)21-16(24)14-12-10-11(19)6-7-13(12)23(22-14)9-5-4-8-20/h6-7,10,15H,4-5,8-9,20H2,1-3H3,(H,21,24)(H,25,26). The Morgan fingerprint density at radius 1 is 1.35 bits per heavy atom. The number of hydrogen-bond donors (Lipinski definition) is 3. The van der Waals surface area contributed by atoms with Crippen LogP contribution in [0.2, 0.25) is 5.02 Å². The number of benzene rings is 1. The molecule has 0 aliphatic rings. The Kier molecular flexibility index (Phi) is 6.26. The Labute approximate surface area is 157 Å². The first-order valence-electron chi connectivity index (χ1n) is 8.55. The Bertz CT molecular complexity index is 811. The lowest BCUT2D eigenvalue weighted by Crippen LogP contribution is -2.49. The topological polar surface area (TPSA) is 110 Å². The monoisotopic (exact) mass is 380 g/mol. The molecule has 2 rings (SSSR count). The maximum absolute atomic E-state index is 12.8. The number of carboxylic acids is 1. The van der Waals surface area contributed by atoms with E-state index in [0.29, 0.717) is 23.5 Å². The minimum absolute atomic E-state index is 0.172. The zero-order chi connectivity index (χ0) is 19.5. The van der Waals surface area contributed by atoms with Crippen molar-refractivity contribution in [2.45, 2.75) is 46.2 Å². The van der Waals surface area contributed by atoms with E-state index in [2.05, 4.69) is 10.4 Å². The van der Waals surface area contributed by atoms with E-state index in [1.165, 1.54) is 0 Å². The molecule has 0 bridgehead atoms. The molecule has 2 aromatic rings. The fraction of sp³-hybridized carbons (Fsp3) is 0.500. The van der Waals surface area contributed by atoms with E-state index in [1.54, 1.807) is 37.6 Å². The highest BCUT2D eigenvalue weighted by Crippen LogP contribution is 2.25. The van der Waals surface area contributed by atoms with Crippen LogP contribution >= 0.6 is 11.6 Å². The molecule has 1 heterocycles. The van der Waals surface area contributed by atoms with Crippen LogP contribution in [-0.2, 0) is 11.3 Å². The van der Waals surface area contributed by atoms with Crippen molar-refractivity contribution in [3.05, 3.63) is 28.9 Å². The number of nitrogens with zero attached hydrogens (tertiary/aromatic N) is 2. The lowest BCUT2D eigenvalue weighted by atomic mass is 9.86. The zero-order valence-electron chi connectivity index (χ0n) is 15.3. The van der Waals surface area contributed by atoms with E-state index < -0.39 is 23.3 Å². The zero-order valence-corrected chi connectivity index (χ0v) is 16.0. The van der Waals surface area contributed by atoms with Crippen LogP contribution < -0.4 is 11.1 Å². The van der Waals surface area contributed by atoms with E-state index >= 15 is 0 Å². The number of nitrogens with one attached hydrogen (secondary N) is 1. The second-order valence-electron chi connectivity index (χ2n) is 7.34. The predicted octanol–water partition coefficient (Wildman–Crippen LogP) is 2.66. The van der Waals surface area contributed by atoms with Crippen LogP contribution in [0.15, 0.2) is 18.2 Å². The Hall–Kier alpha value is -2.12. The molecule has 0 spiro atoms. The lowest BCUT2D eigenvalue weighted by Gasteiger charge is -2.27. The van der Waals surface area contributed by atoms with Gasteiger partial charge in [0.25, 0.3) is 5.91 Å². The molecule has 1 amide bonds. The van der Waals surface area contributed by atoms with Crippen LogP contribution in [0.4, 0.5) is 0 Å². The van der Waals surface area contributed by atoms with Crippen molar-refractivity contribution in [2.24, 2.45) is 11.1 Å². The molecular weight excluding hydrogens is 356 g/mol. The van der Waals surface area contributed by atoms with Gasteiger partial charge in [0.15, 0.2) is 5.69 Å². The molecule has 7 nitrogen and oxygen atoms in total. The molecule has 4 N–H and O–H groups in total. The number of hydrogen-bond acceptors (Lipinski definition) is 4. The van der Waals surface area contributed by atoms with Gasteiger partial charge < -0.3 is 16.2 Å². The number of nitrogens with two attached hydrogens (primary N) is 1. The first-order valence-corrected chi connectivity index (χ1v) is 8.92. The fourth-order valence-electron chi connectivity index (χ4n) is 2.74. The molecule has 0 saturated heterocycles. The molecule has 1 unspecified atom stereocenters. The first-order chi connectivity index (χ1) is 12.1. The largest absolute Gasteiger partial charge is 0.480 e. The van der Waals surface area contributed by atoms with Gasteiger partial charge >= 0.3 is 5.97 Å². The summed E-state index contributed by atoms with van der Waals surface area (Å²) in [6, 6.07) is 4.18. The summed E-state index contributed by atoms with van der Waals surface area (Å²) in [5.74, 6) is -1.62. The van der Waals surface area contributed by atoms with Gasteiger partial charge in [0.1, 0.15) is 6.04 Å². The predicted molar refractivity (Wildman–Crippen MR) is 101 cm³/mol. The van der Waals surface area contributed by atoms with Crippen LogP contribution in [0.1, 0.15) is 44.1 Å². The van der Waals surface area contributed by atoms with Crippen LogP contribution in [0.3, 0.4) is 0 Å². The second-order valence-corrected chi connectivity index (χ2v) is 7.78. The molecule has 0 aliphatic heterocycles. The fourth-order valence-corrected chi connectivity index (χ4v) is 2.92. The molecule has 0 aliphatic carbocycles. The summed E-state index contributed by atoms with van der Waals surface area (Å²) < 4.78 is 1.74. The van der Waals surface area contributed by atoms with Gasteiger partial charge in [-0.2, -0.15) is 5.10 Å². The van der Waals surface area contributed by atoms with E-state index in [0.717, 1.165) is 18.4 Å². The normalized spacial score (nSPS) is 13.0. The highest BCUT2D eigenvalue weighted by molar-refractivity contribution is 6.31. The van der Waals surface area contributed by atoms with E-state index in [4.69, 9.17) is 17.3 Å². The maximum Gasteiger partial charge on any atom is 0.326 e. The number of rotatable bonds is 7. The van der Waals surface area contributed by atoms with Gasteiger partial charge in [-0.05, 0) is 43.0 Å². The van der Waals surface area contributed by atoms with Crippen LogP contribution in [0, 0.1) is 5.41 Å². The number of carbonyl (C=O) groups is 2. The average molecular weight is 381 g/mol. The van der Waals surface area contributed by atoms with Crippen LogP contribution in [0.5, 0.6) is 0 Å². The van der Waals surface area contributed by atoms with Gasteiger partial charge in [-0.3, -0.25) is 9.48 Å². The van der Waals surface area contributed by atoms with Crippen molar-refractivity contribution in [1.82, 2.24) is 15.1 Å². The minimum Gasteiger partial charge on any atom is -0.480 e. The van der Waals surface area contributed by atoms with Crippen molar-refractivity contribution >= 4 is 34.4 Å². The molecule has 0 fully saturated rings. The molecule has 0 radical (unpaired) electrons. The van der Waals surface area contributed by atoms with Crippen LogP contribution in [0.25, 0.3) is 10.9 Å². The number of unbranched alkanes of at least 4 members (excludes halogenated alkanes) is 1. The number of aryl methyl sites for hydroxylation is 1. The quantitative estimate of drug-likeness (QED) is 0.639. The van der Waals surface area contributed by atoms with Crippen molar-refractivity contribution < 1.29 is 14.7 Å². The molecule has 0 saturated carbocycles. The van der Waals surface area contributed by atoms with Crippen molar-refractivity contribution in [2.75, 3.05) is 6.54 Å². The summed E-state index contributed by atoms with van der Waals surface area (Å²) in [7, 11) is 0. The Morgan fingerprint density at radius 2 is 2.04 bits per heavy atom. The number of halogens is 1.